The number of aromatic nitrogens is 1. The van der Waals surface area contributed by atoms with Crippen LogP contribution in [-0.4, -0.2) is 17.5 Å². The molecule has 1 N–H and O–H groups in total. The molecule has 0 unspecified atom stereocenters. The second-order valence-corrected chi connectivity index (χ2v) is 5.43. The first kappa shape index (κ1) is 14.5. The summed E-state index contributed by atoms with van der Waals surface area (Å²) in [6.07, 6.45) is 0.786. The van der Waals surface area contributed by atoms with E-state index in [9.17, 15) is 4.79 Å². The van der Waals surface area contributed by atoms with Crippen LogP contribution >= 0.6 is 11.3 Å². The average Bonchev–Trinajstić information content (AvgIpc) is 2.97. The molecule has 0 atom stereocenters. The molecular weight excluding hydrogens is 272 g/mol. The van der Waals surface area contributed by atoms with Gasteiger partial charge in [0.15, 0.2) is 6.61 Å². The van der Waals surface area contributed by atoms with Crippen LogP contribution in [0.4, 0.5) is 0 Å². The molecule has 20 heavy (non-hydrogen) atoms. The lowest BCUT2D eigenvalue weighted by atomic mass is 10.2. The van der Waals surface area contributed by atoms with Gasteiger partial charge in [0.2, 0.25) is 0 Å². The topological polar surface area (TPSA) is 51.2 Å². The van der Waals surface area contributed by atoms with Crippen LogP contribution in [-0.2, 0) is 17.8 Å². The predicted octanol–water partition coefficient (Wildman–Crippen LogP) is 2.71. The molecule has 2 aromatic rings. The van der Waals surface area contributed by atoms with E-state index in [2.05, 4.69) is 10.3 Å². The van der Waals surface area contributed by atoms with Crippen molar-refractivity contribution in [3.8, 4) is 5.75 Å². The van der Waals surface area contributed by atoms with Gasteiger partial charge >= 0.3 is 0 Å². The lowest BCUT2D eigenvalue weighted by Gasteiger charge is -2.10. The largest absolute Gasteiger partial charge is 0.482 e. The summed E-state index contributed by atoms with van der Waals surface area (Å²) in [5, 5.41) is 4.82. The van der Waals surface area contributed by atoms with Gasteiger partial charge in [-0.15, -0.1) is 11.3 Å². The highest BCUT2D eigenvalue weighted by atomic mass is 32.1. The molecule has 0 aliphatic carbocycles. The van der Waals surface area contributed by atoms with Crippen LogP contribution in [0.3, 0.4) is 0 Å². The van der Waals surface area contributed by atoms with Crippen molar-refractivity contribution in [2.45, 2.75) is 26.8 Å². The first-order chi connectivity index (χ1) is 9.69. The molecule has 0 aliphatic heterocycles. The molecule has 2 aromatic heterocycles. The van der Waals surface area contributed by atoms with Crippen molar-refractivity contribution in [1.29, 1.82) is 0 Å². The Hall–Kier alpha value is -1.88. The summed E-state index contributed by atoms with van der Waals surface area (Å²) in [5.74, 6) is 0.561. The van der Waals surface area contributed by atoms with Gasteiger partial charge in [0.1, 0.15) is 5.75 Å². The summed E-state index contributed by atoms with van der Waals surface area (Å²) < 4.78 is 5.54. The van der Waals surface area contributed by atoms with Gasteiger partial charge in [-0.1, -0.05) is 13.0 Å². The molecule has 0 aromatic carbocycles. The Balaban J connectivity index is 1.84. The third kappa shape index (κ3) is 4.06. The fourth-order valence-corrected chi connectivity index (χ4v) is 2.42. The minimum atomic E-state index is -0.124. The van der Waals surface area contributed by atoms with E-state index in [0.717, 1.165) is 22.7 Å². The van der Waals surface area contributed by atoms with E-state index < -0.39 is 0 Å². The van der Waals surface area contributed by atoms with Crippen LogP contribution < -0.4 is 10.1 Å². The maximum absolute atomic E-state index is 11.7. The van der Waals surface area contributed by atoms with Crippen LogP contribution in [0.15, 0.2) is 29.6 Å². The van der Waals surface area contributed by atoms with Gasteiger partial charge < -0.3 is 10.1 Å². The molecule has 0 spiro atoms. The van der Waals surface area contributed by atoms with Crippen LogP contribution in [0.2, 0.25) is 0 Å². The molecule has 0 bridgehead atoms. The molecule has 2 rings (SSSR count). The molecule has 0 saturated carbocycles. The summed E-state index contributed by atoms with van der Waals surface area (Å²) in [7, 11) is 0. The van der Waals surface area contributed by atoms with E-state index in [1.54, 1.807) is 11.3 Å². The first-order valence-corrected chi connectivity index (χ1v) is 7.45. The number of carbonyl (C=O) groups excluding carboxylic acids is 1. The number of nitrogens with one attached hydrogen (secondary N) is 1. The number of rotatable bonds is 6. The van der Waals surface area contributed by atoms with Crippen molar-refractivity contribution >= 4 is 17.2 Å². The fourth-order valence-electron chi connectivity index (χ4n) is 1.78. The van der Waals surface area contributed by atoms with E-state index >= 15 is 0 Å². The van der Waals surface area contributed by atoms with Gasteiger partial charge in [0.25, 0.3) is 5.91 Å². The molecular formula is C15H18N2O2S. The van der Waals surface area contributed by atoms with Crippen molar-refractivity contribution < 1.29 is 9.53 Å². The Labute approximate surface area is 122 Å². The number of pyridine rings is 1. The number of amides is 1. The minimum Gasteiger partial charge on any atom is -0.482 e. The van der Waals surface area contributed by atoms with Gasteiger partial charge in [-0.05, 0) is 36.9 Å². The number of ether oxygens (including phenoxy) is 1. The van der Waals surface area contributed by atoms with Gasteiger partial charge in [-0.25, -0.2) is 0 Å². The third-order valence-electron chi connectivity index (χ3n) is 2.81. The zero-order valence-corrected chi connectivity index (χ0v) is 12.5. The summed E-state index contributed by atoms with van der Waals surface area (Å²) in [6.45, 7) is 4.53. The molecule has 0 aliphatic rings. The zero-order valence-electron chi connectivity index (χ0n) is 11.7. The molecule has 1 amide bonds. The normalized spacial score (nSPS) is 10.3. The fraction of sp³-hybridized carbons (Fsp3) is 0.333. The number of nitrogens with zero attached hydrogens (tertiary/aromatic N) is 1. The molecule has 0 saturated heterocycles. The Bertz CT molecular complexity index is 567. The second-order valence-electron chi connectivity index (χ2n) is 4.40. The highest BCUT2D eigenvalue weighted by Gasteiger charge is 2.07. The van der Waals surface area contributed by atoms with Gasteiger partial charge in [0.05, 0.1) is 12.2 Å². The standard InChI is InChI=1S/C15H18N2O2S/c1-3-13-14(7-6-11(2)17-13)19-10-15(18)16-9-12-5-4-8-20-12/h4-8H,3,9-10H2,1-2H3,(H,16,18). The second kappa shape index (κ2) is 7.05. The average molecular weight is 290 g/mol. The lowest BCUT2D eigenvalue weighted by Crippen LogP contribution is -2.28. The summed E-state index contributed by atoms with van der Waals surface area (Å²) in [4.78, 5) is 17.3. The lowest BCUT2D eigenvalue weighted by molar-refractivity contribution is -0.123. The van der Waals surface area contributed by atoms with Gasteiger partial charge in [0, 0.05) is 10.6 Å². The van der Waals surface area contributed by atoms with E-state index in [0.29, 0.717) is 12.3 Å². The number of hydrogen-bond acceptors (Lipinski definition) is 4. The van der Waals surface area contributed by atoms with Crippen LogP contribution in [0.5, 0.6) is 5.75 Å². The van der Waals surface area contributed by atoms with E-state index in [1.165, 1.54) is 0 Å². The van der Waals surface area contributed by atoms with Crippen molar-refractivity contribution in [2.24, 2.45) is 0 Å². The number of thiophene rings is 1. The Morgan fingerprint density at radius 1 is 1.40 bits per heavy atom. The highest BCUT2D eigenvalue weighted by molar-refractivity contribution is 7.09. The SMILES string of the molecule is CCc1nc(C)ccc1OCC(=O)NCc1cccs1. The van der Waals surface area contributed by atoms with Crippen molar-refractivity contribution in [3.05, 3.63) is 45.9 Å². The summed E-state index contributed by atoms with van der Waals surface area (Å²) >= 11 is 1.62. The highest BCUT2D eigenvalue weighted by Crippen LogP contribution is 2.17. The maximum Gasteiger partial charge on any atom is 0.258 e. The Morgan fingerprint density at radius 2 is 2.25 bits per heavy atom. The number of hydrogen-bond donors (Lipinski definition) is 1. The predicted molar refractivity (Wildman–Crippen MR) is 80.0 cm³/mol. The quantitative estimate of drug-likeness (QED) is 0.890. The van der Waals surface area contributed by atoms with Crippen LogP contribution in [0.1, 0.15) is 23.2 Å². The Morgan fingerprint density at radius 3 is 2.95 bits per heavy atom. The number of aryl methyl sites for hydroxylation is 2. The van der Waals surface area contributed by atoms with Crippen molar-refractivity contribution in [1.82, 2.24) is 10.3 Å². The molecule has 4 nitrogen and oxygen atoms in total. The smallest absolute Gasteiger partial charge is 0.258 e. The van der Waals surface area contributed by atoms with Crippen LogP contribution in [0.25, 0.3) is 0 Å². The summed E-state index contributed by atoms with van der Waals surface area (Å²) in [5.41, 5.74) is 1.84. The first-order valence-electron chi connectivity index (χ1n) is 6.57. The maximum atomic E-state index is 11.7. The minimum absolute atomic E-state index is 0.0170. The monoisotopic (exact) mass is 290 g/mol. The van der Waals surface area contributed by atoms with Gasteiger partial charge in [-0.3, -0.25) is 9.78 Å². The van der Waals surface area contributed by atoms with Crippen LogP contribution in [0, 0.1) is 6.92 Å². The summed E-state index contributed by atoms with van der Waals surface area (Å²) in [6, 6.07) is 7.71. The third-order valence-corrected chi connectivity index (χ3v) is 3.68. The van der Waals surface area contributed by atoms with E-state index in [1.807, 2.05) is 43.5 Å². The van der Waals surface area contributed by atoms with Gasteiger partial charge in [-0.2, -0.15) is 0 Å². The molecule has 0 radical (unpaired) electrons. The molecule has 0 fully saturated rings. The zero-order chi connectivity index (χ0) is 14.4. The van der Waals surface area contributed by atoms with Crippen molar-refractivity contribution in [2.75, 3.05) is 6.61 Å². The van der Waals surface area contributed by atoms with E-state index in [-0.39, 0.29) is 12.5 Å². The van der Waals surface area contributed by atoms with E-state index in [4.69, 9.17) is 4.74 Å². The Kier molecular flexibility index (Phi) is 5.12. The molecule has 5 heteroatoms. The number of carbonyl (C=O) groups is 1. The molecule has 106 valence electrons. The molecule has 2 heterocycles. The van der Waals surface area contributed by atoms with Crippen molar-refractivity contribution in [3.63, 3.8) is 0 Å².